The number of nitrogens with zero attached hydrogens (tertiary/aromatic N) is 3. The van der Waals surface area contributed by atoms with Crippen LogP contribution in [-0.2, 0) is 21.4 Å². The zero-order chi connectivity index (χ0) is 21.0. The molecule has 1 aliphatic rings. The molecular weight excluding hydrogens is 421 g/mol. The van der Waals surface area contributed by atoms with Gasteiger partial charge < -0.3 is 9.32 Å². The van der Waals surface area contributed by atoms with E-state index < -0.39 is 15.8 Å². The number of likely N-dealkylation sites (N-methyl/N-ethyl adjacent to an activating group) is 1. The molecule has 0 atom stereocenters. The maximum atomic E-state index is 13.3. The van der Waals surface area contributed by atoms with Crippen molar-refractivity contribution in [3.63, 3.8) is 0 Å². The predicted molar refractivity (Wildman–Crippen MR) is 106 cm³/mol. The van der Waals surface area contributed by atoms with Crippen LogP contribution in [-0.4, -0.2) is 67.7 Å². The van der Waals surface area contributed by atoms with Crippen LogP contribution >= 0.6 is 11.6 Å². The van der Waals surface area contributed by atoms with Crippen LogP contribution in [0, 0.1) is 5.82 Å². The van der Waals surface area contributed by atoms with Crippen molar-refractivity contribution >= 4 is 27.5 Å². The molecule has 2 heterocycles. The molecule has 0 radical (unpaired) electrons. The van der Waals surface area contributed by atoms with Gasteiger partial charge in [-0.05, 0) is 30.8 Å². The van der Waals surface area contributed by atoms with Crippen LogP contribution in [0.5, 0.6) is 0 Å². The zero-order valence-corrected chi connectivity index (χ0v) is 17.6. The normalized spacial score (nSPS) is 15.8. The second-order valence-corrected chi connectivity index (χ2v) is 9.14. The second kappa shape index (κ2) is 9.25. The fourth-order valence-electron chi connectivity index (χ4n) is 3.18. The van der Waals surface area contributed by atoms with E-state index in [1.54, 1.807) is 17.4 Å². The molecule has 0 bridgehead atoms. The molecule has 1 amide bonds. The number of furan rings is 1. The molecule has 1 aliphatic heterocycles. The maximum absolute atomic E-state index is 13.3. The van der Waals surface area contributed by atoms with Crippen LogP contribution in [0.25, 0.3) is 0 Å². The van der Waals surface area contributed by atoms with Crippen LogP contribution in [0.4, 0.5) is 4.39 Å². The number of piperazine rings is 1. The number of hydrogen-bond acceptors (Lipinski definition) is 5. The highest BCUT2D eigenvalue weighted by atomic mass is 35.5. The summed E-state index contributed by atoms with van der Waals surface area (Å²) in [4.78, 5) is 16.2. The van der Waals surface area contributed by atoms with Gasteiger partial charge in [0, 0.05) is 38.3 Å². The van der Waals surface area contributed by atoms with Crippen molar-refractivity contribution in [1.29, 1.82) is 0 Å². The van der Waals surface area contributed by atoms with Crippen molar-refractivity contribution in [3.8, 4) is 0 Å². The Kier molecular flexibility index (Phi) is 6.94. The Morgan fingerprint density at radius 3 is 2.55 bits per heavy atom. The number of benzene rings is 1. The maximum Gasteiger partial charge on any atom is 0.243 e. The van der Waals surface area contributed by atoms with Gasteiger partial charge in [-0.15, -0.1) is 0 Å². The number of carbonyl (C=O) groups is 1. The molecule has 158 valence electrons. The average Bonchev–Trinajstić information content (AvgIpc) is 3.22. The third kappa shape index (κ3) is 5.16. The molecule has 0 aliphatic carbocycles. The predicted octanol–water partition coefficient (Wildman–Crippen LogP) is 2.43. The topological polar surface area (TPSA) is 74.1 Å². The average molecular weight is 444 g/mol. The summed E-state index contributed by atoms with van der Waals surface area (Å²) in [6.07, 6.45) is 3.25. The van der Waals surface area contributed by atoms with Gasteiger partial charge in [-0.2, -0.15) is 4.31 Å². The van der Waals surface area contributed by atoms with Gasteiger partial charge in [0.25, 0.3) is 0 Å². The van der Waals surface area contributed by atoms with Crippen LogP contribution < -0.4 is 0 Å². The minimum absolute atomic E-state index is 0.0442. The lowest BCUT2D eigenvalue weighted by Crippen LogP contribution is -2.52. The number of carbonyl (C=O) groups excluding carboxylic acids is 1. The largest absolute Gasteiger partial charge is 0.472 e. The smallest absolute Gasteiger partial charge is 0.243 e. The summed E-state index contributed by atoms with van der Waals surface area (Å²) >= 11 is 5.72. The molecule has 1 saturated heterocycles. The Morgan fingerprint density at radius 1 is 1.24 bits per heavy atom. The number of halogens is 2. The molecule has 1 aromatic heterocycles. The Morgan fingerprint density at radius 2 is 1.97 bits per heavy atom. The number of amides is 1. The fourth-order valence-corrected chi connectivity index (χ4v) is 4.87. The van der Waals surface area contributed by atoms with Gasteiger partial charge >= 0.3 is 0 Å². The first kappa shape index (κ1) is 21.8. The second-order valence-electron chi connectivity index (χ2n) is 6.80. The van der Waals surface area contributed by atoms with Gasteiger partial charge in [-0.3, -0.25) is 9.69 Å². The quantitative estimate of drug-likeness (QED) is 0.657. The molecule has 0 unspecified atom stereocenters. The third-order valence-corrected chi connectivity index (χ3v) is 7.10. The first-order chi connectivity index (χ1) is 13.8. The number of rotatable bonds is 7. The van der Waals surface area contributed by atoms with E-state index in [-0.39, 0.29) is 35.5 Å². The molecule has 0 N–H and O–H groups in total. The lowest BCUT2D eigenvalue weighted by atomic mass is 10.3. The van der Waals surface area contributed by atoms with Gasteiger partial charge in [0.05, 0.1) is 29.0 Å². The van der Waals surface area contributed by atoms with Gasteiger partial charge in [-0.1, -0.05) is 18.5 Å². The summed E-state index contributed by atoms with van der Waals surface area (Å²) in [7, 11) is -3.79. The molecule has 1 aromatic carbocycles. The monoisotopic (exact) mass is 443 g/mol. The SMILES string of the molecule is CCN(CC(=O)N1CCN(S(=O)(=O)c2ccc(F)c(Cl)c2)CC1)Cc1ccoc1. The van der Waals surface area contributed by atoms with Crippen LogP contribution in [0.2, 0.25) is 5.02 Å². The molecule has 7 nitrogen and oxygen atoms in total. The van der Waals surface area contributed by atoms with E-state index in [9.17, 15) is 17.6 Å². The molecule has 1 fully saturated rings. The first-order valence-electron chi connectivity index (χ1n) is 9.27. The molecule has 0 spiro atoms. The lowest BCUT2D eigenvalue weighted by molar-refractivity contribution is -0.133. The van der Waals surface area contributed by atoms with Gasteiger partial charge in [-0.25, -0.2) is 12.8 Å². The molecular formula is C19H23ClFN3O4S. The van der Waals surface area contributed by atoms with Crippen molar-refractivity contribution in [2.75, 3.05) is 39.3 Å². The van der Waals surface area contributed by atoms with Crippen molar-refractivity contribution in [2.45, 2.75) is 18.4 Å². The van der Waals surface area contributed by atoms with E-state index in [1.807, 2.05) is 17.9 Å². The number of hydrogen-bond donors (Lipinski definition) is 0. The third-order valence-electron chi connectivity index (χ3n) is 4.91. The number of sulfonamides is 1. The summed E-state index contributed by atoms with van der Waals surface area (Å²) in [6.45, 7) is 4.50. The van der Waals surface area contributed by atoms with Crippen LogP contribution in [0.15, 0.2) is 46.1 Å². The van der Waals surface area contributed by atoms with E-state index in [4.69, 9.17) is 16.0 Å². The highest BCUT2D eigenvalue weighted by Crippen LogP contribution is 2.23. The van der Waals surface area contributed by atoms with E-state index >= 15 is 0 Å². The zero-order valence-electron chi connectivity index (χ0n) is 16.1. The van der Waals surface area contributed by atoms with Gasteiger partial charge in [0.15, 0.2) is 0 Å². The highest BCUT2D eigenvalue weighted by molar-refractivity contribution is 7.89. The van der Waals surface area contributed by atoms with Crippen molar-refractivity contribution in [3.05, 3.63) is 53.2 Å². The standard InChI is InChI=1S/C19H23ClFN3O4S/c1-2-22(12-15-5-10-28-14-15)13-19(25)23-6-8-24(9-7-23)29(26,27)16-3-4-18(21)17(20)11-16/h3-5,10-11,14H,2,6-9,12-13H2,1H3. The minimum Gasteiger partial charge on any atom is -0.472 e. The summed E-state index contributed by atoms with van der Waals surface area (Å²) < 4.78 is 45.2. The first-order valence-corrected chi connectivity index (χ1v) is 11.1. The Labute approximate surface area is 174 Å². The van der Waals surface area contributed by atoms with E-state index in [1.165, 1.54) is 10.4 Å². The van der Waals surface area contributed by atoms with Crippen LogP contribution in [0.1, 0.15) is 12.5 Å². The molecule has 10 heteroatoms. The molecule has 0 saturated carbocycles. The summed E-state index contributed by atoms with van der Waals surface area (Å²) in [5, 5.41) is -0.239. The Bertz CT molecular complexity index is 944. The van der Waals surface area contributed by atoms with E-state index in [0.29, 0.717) is 26.2 Å². The minimum atomic E-state index is -3.79. The fraction of sp³-hybridized carbons (Fsp3) is 0.421. The summed E-state index contributed by atoms with van der Waals surface area (Å²) in [6, 6.07) is 5.20. The van der Waals surface area contributed by atoms with E-state index in [2.05, 4.69) is 0 Å². The molecule has 3 rings (SSSR count). The van der Waals surface area contributed by atoms with Crippen molar-refractivity contribution in [2.24, 2.45) is 0 Å². The Balaban J connectivity index is 1.57. The van der Waals surface area contributed by atoms with Crippen LogP contribution in [0.3, 0.4) is 0 Å². The summed E-state index contributed by atoms with van der Waals surface area (Å²) in [5.41, 5.74) is 0.994. The lowest BCUT2D eigenvalue weighted by Gasteiger charge is -2.35. The van der Waals surface area contributed by atoms with Crippen molar-refractivity contribution in [1.82, 2.24) is 14.1 Å². The summed E-state index contributed by atoms with van der Waals surface area (Å²) in [5.74, 6) is -0.714. The van der Waals surface area contributed by atoms with Gasteiger partial charge in [0.1, 0.15) is 5.82 Å². The molecule has 2 aromatic rings. The van der Waals surface area contributed by atoms with Crippen molar-refractivity contribution < 1.29 is 22.0 Å². The van der Waals surface area contributed by atoms with E-state index in [0.717, 1.165) is 17.7 Å². The Hall–Kier alpha value is -1.94. The molecule has 29 heavy (non-hydrogen) atoms. The van der Waals surface area contributed by atoms with Gasteiger partial charge in [0.2, 0.25) is 15.9 Å². The highest BCUT2D eigenvalue weighted by Gasteiger charge is 2.30.